The second kappa shape index (κ2) is 5.50. The van der Waals surface area contributed by atoms with E-state index in [1.807, 2.05) is 0 Å². The summed E-state index contributed by atoms with van der Waals surface area (Å²) >= 11 is 0. The molecular weight excluding hydrogens is 222 g/mol. The third-order valence-corrected chi connectivity index (χ3v) is 4.90. The van der Waals surface area contributed by atoms with E-state index in [0.717, 1.165) is 25.2 Å². The van der Waals surface area contributed by atoms with Gasteiger partial charge in [0.05, 0.1) is 0 Å². The van der Waals surface area contributed by atoms with Crippen LogP contribution in [0.2, 0.25) is 0 Å². The molecule has 96 valence electrons. The normalized spacial score (nSPS) is 31.6. The van der Waals surface area contributed by atoms with E-state index in [4.69, 9.17) is 5.73 Å². The van der Waals surface area contributed by atoms with Gasteiger partial charge in [-0.05, 0) is 44.4 Å². The van der Waals surface area contributed by atoms with Gasteiger partial charge in [0, 0.05) is 17.5 Å². The molecule has 0 unspecified atom stereocenters. The molecule has 0 atom stereocenters. The van der Waals surface area contributed by atoms with Crippen LogP contribution in [0.1, 0.15) is 51.9 Å². The van der Waals surface area contributed by atoms with Crippen molar-refractivity contribution in [3.05, 3.63) is 0 Å². The Morgan fingerprint density at radius 1 is 1.31 bits per heavy atom. The fraction of sp³-hybridized carbons (Fsp3) is 1.00. The molecule has 1 rings (SSSR count). The van der Waals surface area contributed by atoms with Crippen LogP contribution in [0, 0.1) is 5.92 Å². The lowest BCUT2D eigenvalue weighted by Gasteiger charge is -2.37. The van der Waals surface area contributed by atoms with Gasteiger partial charge in [-0.2, -0.15) is 0 Å². The van der Waals surface area contributed by atoms with Crippen LogP contribution >= 0.6 is 0 Å². The van der Waals surface area contributed by atoms with Crippen LogP contribution in [0.25, 0.3) is 0 Å². The lowest BCUT2D eigenvalue weighted by atomic mass is 9.74. The highest BCUT2D eigenvalue weighted by Gasteiger charge is 2.30. The van der Waals surface area contributed by atoms with Crippen LogP contribution in [0.4, 0.5) is 0 Å². The first-order valence-electron chi connectivity index (χ1n) is 6.31. The summed E-state index contributed by atoms with van der Waals surface area (Å²) in [5, 5.41) is 0. The number of sulfone groups is 1. The SMILES string of the molecule is CCC1CCC(N)(CCCS(C)(=O)=O)CC1. The smallest absolute Gasteiger partial charge is 0.147 e. The highest BCUT2D eigenvalue weighted by Crippen LogP contribution is 2.34. The number of nitrogens with two attached hydrogens (primary N) is 1. The van der Waals surface area contributed by atoms with Crippen molar-refractivity contribution in [3.8, 4) is 0 Å². The summed E-state index contributed by atoms with van der Waals surface area (Å²) in [6.07, 6.45) is 8.68. The fourth-order valence-corrected chi connectivity index (χ4v) is 3.27. The third kappa shape index (κ3) is 4.83. The Kier molecular flexibility index (Phi) is 4.80. The van der Waals surface area contributed by atoms with Crippen LogP contribution < -0.4 is 5.73 Å². The third-order valence-electron chi connectivity index (χ3n) is 3.87. The Hall–Kier alpha value is -0.0900. The van der Waals surface area contributed by atoms with E-state index in [0.29, 0.717) is 6.42 Å². The molecule has 1 aliphatic carbocycles. The molecule has 0 aliphatic heterocycles. The van der Waals surface area contributed by atoms with E-state index in [9.17, 15) is 8.42 Å². The standard InChI is InChI=1S/C12H25NO2S/c1-3-11-5-8-12(13,9-6-11)7-4-10-16(2,14)15/h11H,3-10,13H2,1-2H3. The van der Waals surface area contributed by atoms with Crippen molar-refractivity contribution in [1.82, 2.24) is 0 Å². The Morgan fingerprint density at radius 3 is 2.31 bits per heavy atom. The van der Waals surface area contributed by atoms with Crippen molar-refractivity contribution in [1.29, 1.82) is 0 Å². The minimum absolute atomic E-state index is 0.0869. The maximum absolute atomic E-state index is 11.0. The lowest BCUT2D eigenvalue weighted by Crippen LogP contribution is -2.43. The largest absolute Gasteiger partial charge is 0.325 e. The average molecular weight is 247 g/mol. The maximum Gasteiger partial charge on any atom is 0.147 e. The van der Waals surface area contributed by atoms with E-state index in [-0.39, 0.29) is 11.3 Å². The van der Waals surface area contributed by atoms with Crippen LogP contribution in [0.5, 0.6) is 0 Å². The first kappa shape index (κ1) is 14.0. The van der Waals surface area contributed by atoms with Gasteiger partial charge in [-0.1, -0.05) is 13.3 Å². The molecule has 0 radical (unpaired) electrons. The summed E-state index contributed by atoms with van der Waals surface area (Å²) in [4.78, 5) is 0. The lowest BCUT2D eigenvalue weighted by molar-refractivity contribution is 0.217. The van der Waals surface area contributed by atoms with Crippen LogP contribution in [0.3, 0.4) is 0 Å². The zero-order valence-corrected chi connectivity index (χ0v) is 11.4. The topological polar surface area (TPSA) is 60.2 Å². The van der Waals surface area contributed by atoms with E-state index >= 15 is 0 Å². The average Bonchev–Trinajstić information content (AvgIpc) is 2.17. The van der Waals surface area contributed by atoms with Crippen molar-refractivity contribution in [2.75, 3.05) is 12.0 Å². The quantitative estimate of drug-likeness (QED) is 0.809. The molecule has 0 aromatic carbocycles. The van der Waals surface area contributed by atoms with Gasteiger partial charge >= 0.3 is 0 Å². The predicted molar refractivity (Wildman–Crippen MR) is 68.1 cm³/mol. The minimum Gasteiger partial charge on any atom is -0.325 e. The number of rotatable bonds is 5. The predicted octanol–water partition coefficient (Wildman–Crippen LogP) is 2.11. The van der Waals surface area contributed by atoms with Crippen LogP contribution in [0.15, 0.2) is 0 Å². The summed E-state index contributed by atoms with van der Waals surface area (Å²) in [7, 11) is -2.82. The Balaban J connectivity index is 2.31. The minimum atomic E-state index is -2.82. The molecule has 3 nitrogen and oxygen atoms in total. The summed E-state index contributed by atoms with van der Waals surface area (Å²) in [6, 6.07) is 0. The van der Waals surface area contributed by atoms with Crippen molar-refractivity contribution in [3.63, 3.8) is 0 Å². The van der Waals surface area contributed by atoms with Gasteiger partial charge in [0.1, 0.15) is 9.84 Å². The first-order valence-corrected chi connectivity index (χ1v) is 8.37. The van der Waals surface area contributed by atoms with Gasteiger partial charge in [-0.15, -0.1) is 0 Å². The summed E-state index contributed by atoms with van der Waals surface area (Å²) < 4.78 is 22.1. The van der Waals surface area contributed by atoms with Gasteiger partial charge in [-0.25, -0.2) is 8.42 Å². The van der Waals surface area contributed by atoms with E-state index < -0.39 is 9.84 Å². The van der Waals surface area contributed by atoms with Crippen molar-refractivity contribution >= 4 is 9.84 Å². The molecular formula is C12H25NO2S. The molecule has 4 heteroatoms. The zero-order chi connectivity index (χ0) is 12.2. The number of hydrogen-bond donors (Lipinski definition) is 1. The van der Waals surface area contributed by atoms with Crippen molar-refractivity contribution in [2.45, 2.75) is 57.4 Å². The molecule has 1 aliphatic rings. The summed E-state index contributed by atoms with van der Waals surface area (Å²) in [5.41, 5.74) is 6.22. The molecule has 0 heterocycles. The molecule has 16 heavy (non-hydrogen) atoms. The van der Waals surface area contributed by atoms with E-state index in [1.165, 1.54) is 25.5 Å². The first-order chi connectivity index (χ1) is 7.35. The molecule has 0 bridgehead atoms. The molecule has 0 amide bonds. The maximum atomic E-state index is 11.0. The second-order valence-corrected chi connectivity index (χ2v) is 7.71. The highest BCUT2D eigenvalue weighted by atomic mass is 32.2. The van der Waals surface area contributed by atoms with Gasteiger partial charge in [0.2, 0.25) is 0 Å². The van der Waals surface area contributed by atoms with Crippen LogP contribution in [-0.2, 0) is 9.84 Å². The Bertz CT molecular complexity index is 303. The Labute approximate surface area is 99.7 Å². The molecule has 0 aromatic rings. The van der Waals surface area contributed by atoms with E-state index in [2.05, 4.69) is 6.92 Å². The monoisotopic (exact) mass is 247 g/mol. The molecule has 1 saturated carbocycles. The van der Waals surface area contributed by atoms with Gasteiger partial charge in [0.25, 0.3) is 0 Å². The van der Waals surface area contributed by atoms with Gasteiger partial charge in [0.15, 0.2) is 0 Å². The van der Waals surface area contributed by atoms with Crippen molar-refractivity contribution in [2.24, 2.45) is 11.7 Å². The van der Waals surface area contributed by atoms with Gasteiger partial charge < -0.3 is 5.73 Å². The molecule has 2 N–H and O–H groups in total. The second-order valence-electron chi connectivity index (χ2n) is 5.45. The summed E-state index contributed by atoms with van der Waals surface area (Å²) in [6.45, 7) is 2.23. The number of hydrogen-bond acceptors (Lipinski definition) is 3. The van der Waals surface area contributed by atoms with Crippen LogP contribution in [-0.4, -0.2) is 26.0 Å². The molecule has 0 saturated heterocycles. The molecule has 0 spiro atoms. The van der Waals surface area contributed by atoms with Crippen molar-refractivity contribution < 1.29 is 8.42 Å². The Morgan fingerprint density at radius 2 is 1.88 bits per heavy atom. The highest BCUT2D eigenvalue weighted by molar-refractivity contribution is 7.90. The summed E-state index contributed by atoms with van der Waals surface area (Å²) in [5.74, 6) is 1.12. The zero-order valence-electron chi connectivity index (χ0n) is 10.5. The van der Waals surface area contributed by atoms with E-state index in [1.54, 1.807) is 0 Å². The molecule has 1 fully saturated rings. The van der Waals surface area contributed by atoms with Gasteiger partial charge in [-0.3, -0.25) is 0 Å². The fourth-order valence-electron chi connectivity index (χ4n) is 2.60. The molecule has 0 aromatic heterocycles.